The number of carbonyl (C=O) groups is 1. The fourth-order valence-electron chi connectivity index (χ4n) is 5.31. The number of alkyl halides is 3. The Morgan fingerprint density at radius 1 is 1.08 bits per heavy atom. The molecular weight excluding hydrogens is 471 g/mol. The first-order valence-electron chi connectivity index (χ1n) is 12.3. The van der Waals surface area contributed by atoms with Gasteiger partial charge in [-0.25, -0.2) is 9.97 Å². The number of halogens is 3. The molecule has 2 aliphatic rings. The maximum atomic E-state index is 13.0. The number of carbonyl (C=O) groups excluding carboxylic acids is 1. The normalized spacial score (nSPS) is 20.2. The van der Waals surface area contributed by atoms with Crippen LogP contribution in [0.15, 0.2) is 42.9 Å². The summed E-state index contributed by atoms with van der Waals surface area (Å²) in [4.78, 5) is 24.9. The molecular formula is C26H30F3N5O2. The molecule has 0 amide bonds. The topological polar surface area (TPSA) is 63.5 Å². The zero-order valence-corrected chi connectivity index (χ0v) is 20.2. The van der Waals surface area contributed by atoms with E-state index in [-0.39, 0.29) is 11.8 Å². The summed E-state index contributed by atoms with van der Waals surface area (Å²) in [5, 5.41) is 0.922. The minimum atomic E-state index is -4.37. The third-order valence-electron chi connectivity index (χ3n) is 7.17. The predicted molar refractivity (Wildman–Crippen MR) is 130 cm³/mol. The van der Waals surface area contributed by atoms with Crippen molar-refractivity contribution in [2.75, 3.05) is 44.3 Å². The number of aromatic nitrogens is 3. The van der Waals surface area contributed by atoms with Crippen molar-refractivity contribution in [3.05, 3.63) is 54.0 Å². The third-order valence-corrected chi connectivity index (χ3v) is 7.17. The minimum absolute atomic E-state index is 0.201. The monoisotopic (exact) mass is 501 g/mol. The molecule has 1 atom stereocenters. The Bertz CT molecular complexity index is 1200. The lowest BCUT2D eigenvalue weighted by molar-refractivity contribution is -0.137. The van der Waals surface area contributed by atoms with Gasteiger partial charge in [0, 0.05) is 19.3 Å². The number of ketones is 1. The van der Waals surface area contributed by atoms with Crippen LogP contribution in [0.1, 0.15) is 36.9 Å². The molecule has 1 unspecified atom stereocenters. The standard InChI is InChI=1S/C26H30F3N5O2/c1-18(35)14-32-9-6-19(7-10-32)15-33-11-8-22-24(33)30-17-31-25(22)34-12-13-36-16-23(34)20-2-4-21(5-3-20)26(27,28)29/h2-5,8,11,17,19,23H,6-7,9-10,12-16H2,1H3. The lowest BCUT2D eigenvalue weighted by Gasteiger charge is -2.37. The smallest absolute Gasteiger partial charge is 0.377 e. The highest BCUT2D eigenvalue weighted by atomic mass is 19.4. The molecule has 2 saturated heterocycles. The van der Waals surface area contributed by atoms with Crippen molar-refractivity contribution in [1.29, 1.82) is 0 Å². The summed E-state index contributed by atoms with van der Waals surface area (Å²) in [5.74, 6) is 1.47. The lowest BCUT2D eigenvalue weighted by atomic mass is 9.96. The Morgan fingerprint density at radius 2 is 1.83 bits per heavy atom. The second kappa shape index (κ2) is 10.2. The molecule has 2 aromatic heterocycles. The first kappa shape index (κ1) is 24.7. The number of likely N-dealkylation sites (tertiary alicyclic amines) is 1. The molecule has 0 spiro atoms. The van der Waals surface area contributed by atoms with Gasteiger partial charge in [0.25, 0.3) is 0 Å². The van der Waals surface area contributed by atoms with E-state index in [0.717, 1.165) is 67.0 Å². The van der Waals surface area contributed by atoms with Gasteiger partial charge in [-0.05, 0) is 62.5 Å². The van der Waals surface area contributed by atoms with Crippen molar-refractivity contribution >= 4 is 22.6 Å². The lowest BCUT2D eigenvalue weighted by Crippen LogP contribution is -2.40. The van der Waals surface area contributed by atoms with Gasteiger partial charge in [0.1, 0.15) is 23.6 Å². The number of nitrogens with zero attached hydrogens (tertiary/aromatic N) is 5. The predicted octanol–water partition coefficient (Wildman–Crippen LogP) is 4.33. The van der Waals surface area contributed by atoms with Crippen LogP contribution in [-0.2, 0) is 22.3 Å². The van der Waals surface area contributed by atoms with Gasteiger partial charge in [0.15, 0.2) is 0 Å². The van der Waals surface area contributed by atoms with Gasteiger partial charge in [0.05, 0.1) is 36.8 Å². The number of benzene rings is 1. The molecule has 3 aromatic rings. The third kappa shape index (κ3) is 5.24. The van der Waals surface area contributed by atoms with E-state index in [1.165, 1.54) is 12.1 Å². The molecule has 0 bridgehead atoms. The van der Waals surface area contributed by atoms with Crippen LogP contribution in [-0.4, -0.2) is 64.6 Å². The van der Waals surface area contributed by atoms with Gasteiger partial charge < -0.3 is 14.2 Å². The molecule has 0 radical (unpaired) electrons. The number of hydrogen-bond acceptors (Lipinski definition) is 6. The second-order valence-corrected chi connectivity index (χ2v) is 9.73. The summed E-state index contributed by atoms with van der Waals surface area (Å²) in [6.45, 7) is 6.31. The van der Waals surface area contributed by atoms with Gasteiger partial charge >= 0.3 is 6.18 Å². The number of ether oxygens (including phenoxy) is 1. The molecule has 10 heteroatoms. The molecule has 7 nitrogen and oxygen atoms in total. The molecule has 2 fully saturated rings. The molecule has 0 aliphatic carbocycles. The quantitative estimate of drug-likeness (QED) is 0.501. The number of fused-ring (bicyclic) bond motifs is 1. The van der Waals surface area contributed by atoms with Crippen LogP contribution in [0.3, 0.4) is 0 Å². The Morgan fingerprint density at radius 3 is 2.53 bits per heavy atom. The number of anilines is 1. The van der Waals surface area contributed by atoms with Crippen LogP contribution in [0, 0.1) is 5.92 Å². The van der Waals surface area contributed by atoms with Crippen LogP contribution >= 0.6 is 0 Å². The number of piperidine rings is 1. The van der Waals surface area contributed by atoms with E-state index in [1.807, 2.05) is 12.3 Å². The molecule has 5 rings (SSSR count). The fraction of sp³-hybridized carbons (Fsp3) is 0.500. The van der Waals surface area contributed by atoms with E-state index in [9.17, 15) is 18.0 Å². The molecule has 1 aromatic carbocycles. The largest absolute Gasteiger partial charge is 0.416 e. The number of Topliss-reactive ketones (excluding diaryl/α,β-unsaturated/α-hetero) is 1. The van der Waals surface area contributed by atoms with Crippen LogP contribution in [0.2, 0.25) is 0 Å². The highest BCUT2D eigenvalue weighted by molar-refractivity contribution is 5.88. The van der Waals surface area contributed by atoms with Gasteiger partial charge in [-0.3, -0.25) is 9.69 Å². The summed E-state index contributed by atoms with van der Waals surface area (Å²) in [5.41, 5.74) is 0.943. The van der Waals surface area contributed by atoms with Gasteiger partial charge in [-0.1, -0.05) is 12.1 Å². The molecule has 0 saturated carbocycles. The Labute approximate surface area is 207 Å². The number of morpholine rings is 1. The highest BCUT2D eigenvalue weighted by Gasteiger charge is 2.32. The van der Waals surface area contributed by atoms with E-state index in [1.54, 1.807) is 13.3 Å². The van der Waals surface area contributed by atoms with Crippen molar-refractivity contribution in [2.45, 2.75) is 38.5 Å². The fourth-order valence-corrected chi connectivity index (χ4v) is 5.31. The van der Waals surface area contributed by atoms with Crippen LogP contribution in [0.5, 0.6) is 0 Å². The maximum absolute atomic E-state index is 13.0. The minimum Gasteiger partial charge on any atom is -0.377 e. The zero-order valence-electron chi connectivity index (χ0n) is 20.2. The van der Waals surface area contributed by atoms with Crippen LogP contribution < -0.4 is 4.90 Å². The first-order valence-corrected chi connectivity index (χ1v) is 12.3. The first-order chi connectivity index (χ1) is 17.3. The average Bonchev–Trinajstić information content (AvgIpc) is 3.27. The highest BCUT2D eigenvalue weighted by Crippen LogP contribution is 2.35. The van der Waals surface area contributed by atoms with Crippen molar-refractivity contribution in [1.82, 2.24) is 19.4 Å². The second-order valence-electron chi connectivity index (χ2n) is 9.73. The van der Waals surface area contributed by atoms with Crippen molar-refractivity contribution in [2.24, 2.45) is 5.92 Å². The van der Waals surface area contributed by atoms with E-state index in [2.05, 4.69) is 24.3 Å². The molecule has 192 valence electrons. The summed E-state index contributed by atoms with van der Waals surface area (Å²) in [7, 11) is 0. The summed E-state index contributed by atoms with van der Waals surface area (Å²) < 4.78 is 47.0. The number of hydrogen-bond donors (Lipinski definition) is 0. The Balaban J connectivity index is 1.36. The molecule has 0 N–H and O–H groups in total. The van der Waals surface area contributed by atoms with Crippen molar-refractivity contribution < 1.29 is 22.7 Å². The summed E-state index contributed by atoms with van der Waals surface area (Å²) in [6, 6.07) is 7.07. The summed E-state index contributed by atoms with van der Waals surface area (Å²) >= 11 is 0. The molecule has 36 heavy (non-hydrogen) atoms. The molecule has 2 aliphatic heterocycles. The van der Waals surface area contributed by atoms with Crippen molar-refractivity contribution in [3.63, 3.8) is 0 Å². The van der Waals surface area contributed by atoms with Gasteiger partial charge in [-0.2, -0.15) is 13.2 Å². The van der Waals surface area contributed by atoms with Crippen molar-refractivity contribution in [3.8, 4) is 0 Å². The van der Waals surface area contributed by atoms with E-state index >= 15 is 0 Å². The van der Waals surface area contributed by atoms with E-state index in [0.29, 0.717) is 32.2 Å². The van der Waals surface area contributed by atoms with Gasteiger partial charge in [-0.15, -0.1) is 0 Å². The SMILES string of the molecule is CC(=O)CN1CCC(Cn2ccc3c(N4CCOCC4c4ccc(C(F)(F)F)cc4)ncnc32)CC1. The van der Waals surface area contributed by atoms with Crippen LogP contribution in [0.25, 0.3) is 11.0 Å². The Hall–Kier alpha value is -2.98. The van der Waals surface area contributed by atoms with Crippen LogP contribution in [0.4, 0.5) is 19.0 Å². The molecule has 4 heterocycles. The number of rotatable bonds is 6. The summed E-state index contributed by atoms with van der Waals surface area (Å²) in [6.07, 6.45) is 1.29. The zero-order chi connectivity index (χ0) is 25.3. The van der Waals surface area contributed by atoms with Gasteiger partial charge in [0.2, 0.25) is 0 Å². The average molecular weight is 502 g/mol. The van der Waals surface area contributed by atoms with E-state index in [4.69, 9.17) is 4.74 Å². The van der Waals surface area contributed by atoms with E-state index < -0.39 is 11.7 Å². The maximum Gasteiger partial charge on any atom is 0.416 e. The Kier molecular flexibility index (Phi) is 6.98.